The number of oxazole rings is 1. The van der Waals surface area contributed by atoms with E-state index in [1.54, 1.807) is 0 Å². The highest BCUT2D eigenvalue weighted by Gasteiger charge is 2.21. The molecule has 1 aliphatic heterocycles. The largest absolute Gasteiger partial charge is 0.423 e. The maximum Gasteiger partial charge on any atom is 0.298 e. The van der Waals surface area contributed by atoms with Crippen LogP contribution in [0.4, 0.5) is 6.01 Å². The Bertz CT molecular complexity index is 527. The van der Waals surface area contributed by atoms with Crippen LogP contribution in [-0.4, -0.2) is 49.2 Å². The lowest BCUT2D eigenvalue weighted by molar-refractivity contribution is 0.224. The molecular formula is C15H22N4O. The number of nitrogens with zero attached hydrogens (tertiary/aromatic N) is 3. The van der Waals surface area contributed by atoms with Gasteiger partial charge in [-0.3, -0.25) is 4.90 Å². The highest BCUT2D eigenvalue weighted by molar-refractivity contribution is 5.74. The molecule has 20 heavy (non-hydrogen) atoms. The molecule has 1 aromatic heterocycles. The summed E-state index contributed by atoms with van der Waals surface area (Å²) in [6, 6.07) is 8.66. The van der Waals surface area contributed by atoms with Gasteiger partial charge >= 0.3 is 0 Å². The summed E-state index contributed by atoms with van der Waals surface area (Å²) in [6.45, 7) is 8.05. The first kappa shape index (κ1) is 13.4. The molecule has 0 spiro atoms. The predicted molar refractivity (Wildman–Crippen MR) is 80.9 cm³/mol. The first-order valence-electron chi connectivity index (χ1n) is 7.29. The van der Waals surface area contributed by atoms with Gasteiger partial charge in [-0.25, -0.2) is 0 Å². The number of nitrogens with two attached hydrogens (primary N) is 1. The van der Waals surface area contributed by atoms with Crippen molar-refractivity contribution in [2.45, 2.75) is 6.92 Å². The van der Waals surface area contributed by atoms with Crippen LogP contribution in [0.2, 0.25) is 0 Å². The van der Waals surface area contributed by atoms with Crippen molar-refractivity contribution in [3.63, 3.8) is 0 Å². The van der Waals surface area contributed by atoms with Gasteiger partial charge in [-0.15, -0.1) is 0 Å². The third kappa shape index (κ3) is 2.78. The highest BCUT2D eigenvalue weighted by atomic mass is 16.4. The molecule has 5 nitrogen and oxygen atoms in total. The highest BCUT2D eigenvalue weighted by Crippen LogP contribution is 2.22. The average Bonchev–Trinajstić information content (AvgIpc) is 2.91. The van der Waals surface area contributed by atoms with Crippen molar-refractivity contribution in [1.82, 2.24) is 9.88 Å². The van der Waals surface area contributed by atoms with E-state index in [4.69, 9.17) is 10.2 Å². The van der Waals surface area contributed by atoms with E-state index in [2.05, 4.69) is 21.7 Å². The van der Waals surface area contributed by atoms with Crippen LogP contribution in [-0.2, 0) is 0 Å². The van der Waals surface area contributed by atoms with Gasteiger partial charge in [0.05, 0.1) is 0 Å². The Kier molecular flexibility index (Phi) is 3.89. The van der Waals surface area contributed by atoms with E-state index in [0.29, 0.717) is 5.92 Å². The number of hydrogen-bond donors (Lipinski definition) is 1. The number of hydrogen-bond acceptors (Lipinski definition) is 5. The van der Waals surface area contributed by atoms with Crippen molar-refractivity contribution >= 4 is 17.1 Å². The molecule has 108 valence electrons. The Labute approximate surface area is 119 Å². The van der Waals surface area contributed by atoms with Crippen LogP contribution in [0.25, 0.3) is 11.1 Å². The van der Waals surface area contributed by atoms with Gasteiger partial charge < -0.3 is 15.1 Å². The number of para-hydroxylation sites is 2. The number of aromatic nitrogens is 1. The number of piperazine rings is 1. The van der Waals surface area contributed by atoms with Crippen molar-refractivity contribution in [2.75, 3.05) is 44.2 Å². The fourth-order valence-corrected chi connectivity index (χ4v) is 2.63. The number of fused-ring (bicyclic) bond motifs is 1. The standard InChI is InChI=1S/C15H22N4O/c1-12(10-16)11-18-6-8-19(9-7-18)15-17-13-4-2-3-5-14(13)20-15/h2-5,12H,6-11,16H2,1H3. The van der Waals surface area contributed by atoms with Crippen LogP contribution in [0.15, 0.2) is 28.7 Å². The zero-order chi connectivity index (χ0) is 13.9. The maximum atomic E-state index is 5.82. The van der Waals surface area contributed by atoms with Crippen molar-refractivity contribution in [2.24, 2.45) is 11.7 Å². The summed E-state index contributed by atoms with van der Waals surface area (Å²) in [7, 11) is 0. The van der Waals surface area contributed by atoms with E-state index >= 15 is 0 Å². The van der Waals surface area contributed by atoms with Crippen LogP contribution in [0.1, 0.15) is 6.92 Å². The molecule has 1 fully saturated rings. The van der Waals surface area contributed by atoms with Crippen molar-refractivity contribution in [3.8, 4) is 0 Å². The monoisotopic (exact) mass is 274 g/mol. The van der Waals surface area contributed by atoms with Gasteiger partial charge in [0.1, 0.15) is 5.52 Å². The summed E-state index contributed by atoms with van der Waals surface area (Å²) in [6.07, 6.45) is 0. The minimum absolute atomic E-state index is 0.561. The number of rotatable bonds is 4. The molecule has 2 aromatic rings. The Morgan fingerprint density at radius 2 is 2.00 bits per heavy atom. The van der Waals surface area contributed by atoms with Crippen LogP contribution >= 0.6 is 0 Å². The lowest BCUT2D eigenvalue weighted by atomic mass is 10.1. The van der Waals surface area contributed by atoms with Gasteiger partial charge in [0.25, 0.3) is 6.01 Å². The van der Waals surface area contributed by atoms with E-state index in [1.165, 1.54) is 0 Å². The Balaban J connectivity index is 1.63. The van der Waals surface area contributed by atoms with E-state index < -0.39 is 0 Å². The third-order valence-electron chi connectivity index (χ3n) is 3.90. The van der Waals surface area contributed by atoms with Crippen LogP contribution in [0.5, 0.6) is 0 Å². The van der Waals surface area contributed by atoms with Crippen LogP contribution in [0.3, 0.4) is 0 Å². The molecule has 1 saturated heterocycles. The van der Waals surface area contributed by atoms with Crippen molar-refractivity contribution in [1.29, 1.82) is 0 Å². The average molecular weight is 274 g/mol. The van der Waals surface area contributed by atoms with Gasteiger partial charge in [0.2, 0.25) is 0 Å². The first-order valence-corrected chi connectivity index (χ1v) is 7.29. The maximum absolute atomic E-state index is 5.82. The molecule has 3 rings (SSSR count). The second-order valence-corrected chi connectivity index (χ2v) is 5.59. The summed E-state index contributed by atoms with van der Waals surface area (Å²) in [4.78, 5) is 9.25. The van der Waals surface area contributed by atoms with Gasteiger partial charge in [-0.1, -0.05) is 19.1 Å². The molecule has 0 radical (unpaired) electrons. The van der Waals surface area contributed by atoms with E-state index in [-0.39, 0.29) is 0 Å². The summed E-state index contributed by atoms with van der Waals surface area (Å²) < 4.78 is 5.82. The number of benzene rings is 1. The molecule has 0 amide bonds. The normalized spacial score (nSPS) is 18.6. The van der Waals surface area contributed by atoms with Gasteiger partial charge in [-0.05, 0) is 24.6 Å². The van der Waals surface area contributed by atoms with Gasteiger partial charge in [0.15, 0.2) is 5.58 Å². The van der Waals surface area contributed by atoms with Gasteiger partial charge in [-0.2, -0.15) is 4.98 Å². The topological polar surface area (TPSA) is 58.5 Å². The van der Waals surface area contributed by atoms with Crippen LogP contribution < -0.4 is 10.6 Å². The second-order valence-electron chi connectivity index (χ2n) is 5.59. The molecule has 0 aliphatic carbocycles. The Hall–Kier alpha value is -1.59. The SMILES string of the molecule is CC(CN)CN1CCN(c2nc3ccccc3o2)CC1. The predicted octanol–water partition coefficient (Wildman–Crippen LogP) is 1.54. The van der Waals surface area contributed by atoms with E-state index in [9.17, 15) is 0 Å². The molecular weight excluding hydrogens is 252 g/mol. The fraction of sp³-hybridized carbons (Fsp3) is 0.533. The molecule has 0 bridgehead atoms. The van der Waals surface area contributed by atoms with Gasteiger partial charge in [0, 0.05) is 32.7 Å². The Morgan fingerprint density at radius 3 is 2.70 bits per heavy atom. The zero-order valence-corrected chi connectivity index (χ0v) is 12.0. The molecule has 2 heterocycles. The lowest BCUT2D eigenvalue weighted by Crippen LogP contribution is -2.48. The molecule has 1 atom stereocenters. The third-order valence-corrected chi connectivity index (χ3v) is 3.90. The second kappa shape index (κ2) is 5.81. The van der Waals surface area contributed by atoms with Crippen molar-refractivity contribution in [3.05, 3.63) is 24.3 Å². The summed E-state index contributed by atoms with van der Waals surface area (Å²) >= 11 is 0. The minimum atomic E-state index is 0.561. The summed E-state index contributed by atoms with van der Waals surface area (Å²) in [5.74, 6) is 0.561. The van der Waals surface area contributed by atoms with Crippen molar-refractivity contribution < 1.29 is 4.42 Å². The molecule has 1 aromatic carbocycles. The van der Waals surface area contributed by atoms with Crippen LogP contribution in [0, 0.1) is 5.92 Å². The van der Waals surface area contributed by atoms with E-state index in [0.717, 1.165) is 56.4 Å². The minimum Gasteiger partial charge on any atom is -0.423 e. The Morgan fingerprint density at radius 1 is 1.25 bits per heavy atom. The summed E-state index contributed by atoms with van der Waals surface area (Å²) in [5.41, 5.74) is 7.48. The lowest BCUT2D eigenvalue weighted by Gasteiger charge is -2.34. The van der Waals surface area contributed by atoms with E-state index in [1.807, 2.05) is 24.3 Å². The molecule has 2 N–H and O–H groups in total. The smallest absolute Gasteiger partial charge is 0.298 e. The quantitative estimate of drug-likeness (QED) is 0.916. The molecule has 0 saturated carbocycles. The summed E-state index contributed by atoms with van der Waals surface area (Å²) in [5, 5.41) is 0. The fourth-order valence-electron chi connectivity index (χ4n) is 2.63. The number of anilines is 1. The first-order chi connectivity index (χ1) is 9.76. The molecule has 1 unspecified atom stereocenters. The zero-order valence-electron chi connectivity index (χ0n) is 12.0. The molecule has 5 heteroatoms. The molecule has 1 aliphatic rings.